The molecule has 0 unspecified atom stereocenters. The Morgan fingerprint density at radius 3 is 2.65 bits per heavy atom. The predicted molar refractivity (Wildman–Crippen MR) is 128 cm³/mol. The van der Waals surface area contributed by atoms with E-state index >= 15 is 0 Å². The molecule has 0 radical (unpaired) electrons. The minimum Gasteiger partial charge on any atom is -0.346 e. The van der Waals surface area contributed by atoms with Crippen LogP contribution >= 0.6 is 22.9 Å². The number of hydrogen-bond acceptors (Lipinski definition) is 7. The molecule has 3 heterocycles. The molecule has 2 aromatic heterocycles. The number of thiazole rings is 1. The molecule has 162 valence electrons. The molecule has 1 aliphatic heterocycles. The van der Waals surface area contributed by atoms with Gasteiger partial charge in [0.1, 0.15) is 5.82 Å². The van der Waals surface area contributed by atoms with Crippen molar-refractivity contribution in [2.45, 2.75) is 37.6 Å². The molecule has 1 saturated carbocycles. The summed E-state index contributed by atoms with van der Waals surface area (Å²) < 4.78 is 0. The minimum absolute atomic E-state index is 0.434. The van der Waals surface area contributed by atoms with Crippen molar-refractivity contribution in [1.29, 1.82) is 0 Å². The molecular formula is C23H27ClN6S. The van der Waals surface area contributed by atoms with Crippen LogP contribution in [0, 0.1) is 0 Å². The topological polar surface area (TPSA) is 80.0 Å². The van der Waals surface area contributed by atoms with Crippen molar-refractivity contribution in [2.75, 3.05) is 31.1 Å². The Balaban J connectivity index is 1.59. The fourth-order valence-corrected chi connectivity index (χ4v) is 5.74. The first kappa shape index (κ1) is 20.8. The van der Waals surface area contributed by atoms with Crippen LogP contribution in [0.4, 0.5) is 5.13 Å². The maximum atomic E-state index is 6.75. The third-order valence-corrected chi connectivity index (χ3v) is 7.55. The molecule has 1 saturated heterocycles. The zero-order valence-corrected chi connectivity index (χ0v) is 19.1. The van der Waals surface area contributed by atoms with Crippen molar-refractivity contribution >= 4 is 28.1 Å². The Labute approximate surface area is 191 Å². The van der Waals surface area contributed by atoms with Crippen molar-refractivity contribution < 1.29 is 0 Å². The van der Waals surface area contributed by atoms with E-state index in [-0.39, 0.29) is 0 Å². The number of aromatic nitrogens is 3. The van der Waals surface area contributed by atoms with Crippen LogP contribution in [0.15, 0.2) is 36.5 Å². The first-order valence-electron chi connectivity index (χ1n) is 11.0. The van der Waals surface area contributed by atoms with Gasteiger partial charge in [0, 0.05) is 43.0 Å². The number of rotatable bonds is 4. The van der Waals surface area contributed by atoms with Gasteiger partial charge in [0.05, 0.1) is 21.8 Å². The van der Waals surface area contributed by atoms with E-state index in [1.165, 1.54) is 6.42 Å². The van der Waals surface area contributed by atoms with Crippen LogP contribution in [0.2, 0.25) is 5.02 Å². The van der Waals surface area contributed by atoms with Crippen LogP contribution in [0.25, 0.3) is 21.8 Å². The van der Waals surface area contributed by atoms with Gasteiger partial charge in [-0.3, -0.25) is 0 Å². The summed E-state index contributed by atoms with van der Waals surface area (Å²) >= 11 is 8.00. The number of halogens is 1. The number of hydrogen-bond donors (Lipinski definition) is 2. The predicted octanol–water partition coefficient (Wildman–Crippen LogP) is 4.45. The summed E-state index contributed by atoms with van der Waals surface area (Å²) in [7, 11) is 0. The lowest BCUT2D eigenvalue weighted by Gasteiger charge is -2.31. The Hall–Kier alpha value is -2.06. The number of nitrogens with one attached hydrogen (secondary N) is 1. The maximum absolute atomic E-state index is 6.75. The maximum Gasteiger partial charge on any atom is 0.186 e. The van der Waals surface area contributed by atoms with Crippen molar-refractivity contribution in [3.8, 4) is 21.8 Å². The summed E-state index contributed by atoms with van der Waals surface area (Å²) in [5.74, 6) is 0.749. The average molecular weight is 455 g/mol. The normalized spacial score (nSPS) is 18.8. The molecule has 0 atom stereocenters. The summed E-state index contributed by atoms with van der Waals surface area (Å²) in [6.45, 7) is 3.83. The van der Waals surface area contributed by atoms with E-state index in [1.54, 1.807) is 11.3 Å². The minimum atomic E-state index is -0.434. The SMILES string of the molecule is NC1(c2nccc(-c3sc(N4CCNCC4)nc3-c3cccc(Cl)c3)n2)CCCCC1. The number of piperazine rings is 1. The molecule has 3 aromatic rings. The van der Waals surface area contributed by atoms with Gasteiger partial charge >= 0.3 is 0 Å². The lowest BCUT2D eigenvalue weighted by atomic mass is 9.82. The first-order chi connectivity index (χ1) is 15.1. The number of nitrogens with zero attached hydrogens (tertiary/aromatic N) is 4. The monoisotopic (exact) mass is 454 g/mol. The molecule has 0 spiro atoms. The Morgan fingerprint density at radius 2 is 1.87 bits per heavy atom. The molecule has 1 aromatic carbocycles. The molecule has 2 fully saturated rings. The molecule has 0 amide bonds. The second kappa shape index (κ2) is 8.82. The van der Waals surface area contributed by atoms with Gasteiger partial charge in [-0.1, -0.05) is 54.3 Å². The Morgan fingerprint density at radius 1 is 1.06 bits per heavy atom. The number of nitrogens with two attached hydrogens (primary N) is 1. The smallest absolute Gasteiger partial charge is 0.186 e. The lowest BCUT2D eigenvalue weighted by molar-refractivity contribution is 0.287. The second-order valence-electron chi connectivity index (χ2n) is 8.40. The summed E-state index contributed by atoms with van der Waals surface area (Å²) in [6, 6.07) is 9.85. The Kier molecular flexibility index (Phi) is 5.93. The van der Waals surface area contributed by atoms with E-state index in [2.05, 4.69) is 21.3 Å². The molecule has 6 nitrogen and oxygen atoms in total. The second-order valence-corrected chi connectivity index (χ2v) is 9.82. The van der Waals surface area contributed by atoms with Gasteiger partial charge in [0.2, 0.25) is 0 Å². The highest BCUT2D eigenvalue weighted by atomic mass is 35.5. The highest BCUT2D eigenvalue weighted by molar-refractivity contribution is 7.19. The summed E-state index contributed by atoms with van der Waals surface area (Å²) in [5.41, 5.74) is 9.12. The van der Waals surface area contributed by atoms with Gasteiger partial charge in [-0.15, -0.1) is 0 Å². The summed E-state index contributed by atoms with van der Waals surface area (Å²) in [5, 5.41) is 5.13. The van der Waals surface area contributed by atoms with Gasteiger partial charge in [0.15, 0.2) is 5.13 Å². The molecule has 2 aliphatic rings. The zero-order chi connectivity index (χ0) is 21.3. The molecule has 31 heavy (non-hydrogen) atoms. The Bertz CT molecular complexity index is 1060. The highest BCUT2D eigenvalue weighted by Gasteiger charge is 2.33. The van der Waals surface area contributed by atoms with E-state index in [9.17, 15) is 0 Å². The summed E-state index contributed by atoms with van der Waals surface area (Å²) in [6.07, 6.45) is 7.21. The largest absolute Gasteiger partial charge is 0.346 e. The summed E-state index contributed by atoms with van der Waals surface area (Å²) in [4.78, 5) is 18.0. The van der Waals surface area contributed by atoms with Crippen LogP contribution in [0.3, 0.4) is 0 Å². The molecule has 8 heteroatoms. The van der Waals surface area contributed by atoms with Crippen molar-refractivity contribution in [3.63, 3.8) is 0 Å². The number of benzene rings is 1. The van der Waals surface area contributed by atoms with E-state index in [0.717, 1.165) is 84.6 Å². The first-order valence-corrected chi connectivity index (χ1v) is 12.2. The van der Waals surface area contributed by atoms with Crippen LogP contribution in [0.1, 0.15) is 37.9 Å². The van der Waals surface area contributed by atoms with Crippen LogP contribution < -0.4 is 16.0 Å². The van der Waals surface area contributed by atoms with Crippen molar-refractivity contribution in [3.05, 3.63) is 47.4 Å². The van der Waals surface area contributed by atoms with Crippen LogP contribution in [-0.4, -0.2) is 41.1 Å². The third-order valence-electron chi connectivity index (χ3n) is 6.18. The fourth-order valence-electron chi connectivity index (χ4n) is 4.44. The highest BCUT2D eigenvalue weighted by Crippen LogP contribution is 2.41. The standard InChI is InChI=1S/C23H27ClN6S/c24-17-6-4-5-16(15-17)19-20(31-22(29-19)30-13-11-26-12-14-30)18-7-10-27-21(28-18)23(25)8-2-1-3-9-23/h4-7,10,15,26H,1-3,8-9,11-14,25H2. The zero-order valence-electron chi connectivity index (χ0n) is 17.5. The molecular weight excluding hydrogens is 428 g/mol. The molecule has 0 bridgehead atoms. The average Bonchev–Trinajstić information content (AvgIpc) is 3.26. The van der Waals surface area contributed by atoms with Gasteiger partial charge < -0.3 is 16.0 Å². The van der Waals surface area contributed by atoms with E-state index in [0.29, 0.717) is 5.02 Å². The van der Waals surface area contributed by atoms with Gasteiger partial charge in [-0.25, -0.2) is 15.0 Å². The van der Waals surface area contributed by atoms with Crippen LogP contribution in [0.5, 0.6) is 0 Å². The van der Waals surface area contributed by atoms with E-state index in [1.807, 2.05) is 30.5 Å². The van der Waals surface area contributed by atoms with E-state index < -0.39 is 5.54 Å². The fraction of sp³-hybridized carbons (Fsp3) is 0.435. The van der Waals surface area contributed by atoms with Crippen molar-refractivity contribution in [1.82, 2.24) is 20.3 Å². The lowest BCUT2D eigenvalue weighted by Crippen LogP contribution is -2.43. The quantitative estimate of drug-likeness (QED) is 0.606. The number of anilines is 1. The molecule has 3 N–H and O–H groups in total. The molecule has 5 rings (SSSR count). The van der Waals surface area contributed by atoms with Gasteiger partial charge in [0.25, 0.3) is 0 Å². The molecule has 1 aliphatic carbocycles. The van der Waals surface area contributed by atoms with E-state index in [4.69, 9.17) is 27.3 Å². The van der Waals surface area contributed by atoms with Gasteiger partial charge in [-0.2, -0.15) is 0 Å². The van der Waals surface area contributed by atoms with Crippen molar-refractivity contribution in [2.24, 2.45) is 5.73 Å². The van der Waals surface area contributed by atoms with Gasteiger partial charge in [-0.05, 0) is 31.0 Å². The van der Waals surface area contributed by atoms with Crippen LogP contribution in [-0.2, 0) is 5.54 Å². The third kappa shape index (κ3) is 4.32.